The first-order valence-electron chi connectivity index (χ1n) is 10.4. The van der Waals surface area contributed by atoms with Gasteiger partial charge in [0, 0.05) is 12.2 Å². The summed E-state index contributed by atoms with van der Waals surface area (Å²) in [6, 6.07) is 11.7. The van der Waals surface area contributed by atoms with Crippen molar-refractivity contribution in [1.29, 1.82) is 0 Å². The molecule has 0 amide bonds. The van der Waals surface area contributed by atoms with Gasteiger partial charge in [-0.25, -0.2) is 0 Å². The number of nitro benzene ring substituents is 1. The van der Waals surface area contributed by atoms with Crippen LogP contribution in [0.2, 0.25) is 0 Å². The first-order valence-corrected chi connectivity index (χ1v) is 10.4. The molecule has 0 heterocycles. The van der Waals surface area contributed by atoms with Gasteiger partial charge < -0.3 is 9.64 Å². The molecule has 0 unspecified atom stereocenters. The molecule has 0 bridgehead atoms. The molecular formula is C24H32N2O3. The van der Waals surface area contributed by atoms with Crippen LogP contribution in [0.3, 0.4) is 0 Å². The average Bonchev–Trinajstić information content (AvgIpc) is 2.69. The molecule has 156 valence electrons. The summed E-state index contributed by atoms with van der Waals surface area (Å²) < 4.78 is 5.21. The summed E-state index contributed by atoms with van der Waals surface area (Å²) in [4.78, 5) is 13.5. The minimum Gasteiger partial charge on any atom is -0.496 e. The van der Waals surface area contributed by atoms with E-state index in [1.165, 1.54) is 24.3 Å². The first-order chi connectivity index (χ1) is 13.6. The van der Waals surface area contributed by atoms with Gasteiger partial charge in [-0.3, -0.25) is 10.1 Å². The Balaban J connectivity index is 2.16. The summed E-state index contributed by atoms with van der Waals surface area (Å²) in [5.41, 5.74) is 4.64. The summed E-state index contributed by atoms with van der Waals surface area (Å²) in [6.45, 7) is 12.0. The zero-order valence-electron chi connectivity index (χ0n) is 18.4. The molecule has 1 aliphatic rings. The molecule has 3 rings (SSSR count). The highest BCUT2D eigenvalue weighted by atomic mass is 16.6. The molecule has 2 aromatic rings. The third kappa shape index (κ3) is 3.96. The van der Waals surface area contributed by atoms with Gasteiger partial charge in [0.2, 0.25) is 0 Å². The van der Waals surface area contributed by atoms with E-state index in [1.807, 2.05) is 0 Å². The molecule has 0 atom stereocenters. The maximum absolute atomic E-state index is 11.8. The lowest BCUT2D eigenvalue weighted by atomic mass is 9.63. The quantitative estimate of drug-likeness (QED) is 0.413. The Hall–Kier alpha value is -2.56. The van der Waals surface area contributed by atoms with Crippen molar-refractivity contribution in [2.45, 2.75) is 64.7 Å². The van der Waals surface area contributed by atoms with Gasteiger partial charge in [0.05, 0.1) is 18.1 Å². The number of fused-ring (bicyclic) bond motifs is 1. The molecule has 1 aliphatic carbocycles. The number of rotatable bonds is 6. The van der Waals surface area contributed by atoms with Gasteiger partial charge in [-0.2, -0.15) is 0 Å². The third-order valence-corrected chi connectivity index (χ3v) is 6.27. The van der Waals surface area contributed by atoms with Gasteiger partial charge in [0.15, 0.2) is 0 Å². The highest BCUT2D eigenvalue weighted by Crippen LogP contribution is 2.47. The Morgan fingerprint density at radius 1 is 1.03 bits per heavy atom. The van der Waals surface area contributed by atoms with Gasteiger partial charge in [0.25, 0.3) is 5.69 Å². The maximum atomic E-state index is 11.8. The van der Waals surface area contributed by atoms with Gasteiger partial charge in [-0.15, -0.1) is 0 Å². The van der Waals surface area contributed by atoms with Crippen molar-refractivity contribution in [3.63, 3.8) is 0 Å². The fourth-order valence-corrected chi connectivity index (χ4v) is 4.36. The van der Waals surface area contributed by atoms with Crippen LogP contribution in [0.1, 0.15) is 65.0 Å². The topological polar surface area (TPSA) is 55.6 Å². The summed E-state index contributed by atoms with van der Waals surface area (Å²) >= 11 is 0. The molecule has 5 heteroatoms. The van der Waals surface area contributed by atoms with Crippen molar-refractivity contribution in [1.82, 2.24) is 0 Å². The highest BCUT2D eigenvalue weighted by molar-refractivity contribution is 5.74. The Bertz CT molecular complexity index is 918. The van der Waals surface area contributed by atoms with Crippen molar-refractivity contribution in [3.05, 3.63) is 57.6 Å². The van der Waals surface area contributed by atoms with E-state index in [9.17, 15) is 10.1 Å². The minimum atomic E-state index is -0.327. The number of methoxy groups -OCH3 is 1. The lowest BCUT2D eigenvalue weighted by Gasteiger charge is -2.42. The summed E-state index contributed by atoms with van der Waals surface area (Å²) in [5.74, 6) is 0.491. The van der Waals surface area contributed by atoms with Crippen LogP contribution in [0.15, 0.2) is 36.4 Å². The molecule has 0 fully saturated rings. The zero-order valence-corrected chi connectivity index (χ0v) is 18.4. The van der Waals surface area contributed by atoms with Crippen molar-refractivity contribution in [2.75, 3.05) is 18.6 Å². The molecule has 0 aromatic heterocycles. The Morgan fingerprint density at radius 2 is 1.69 bits per heavy atom. The minimum absolute atomic E-state index is 0.0649. The molecule has 0 radical (unpaired) electrons. The smallest absolute Gasteiger partial charge is 0.296 e. The number of nitrogens with zero attached hydrogens (tertiary/aromatic N) is 2. The number of nitro groups is 1. The van der Waals surface area contributed by atoms with Gasteiger partial charge >= 0.3 is 0 Å². The summed E-state index contributed by atoms with van der Waals surface area (Å²) in [7, 11) is 1.52. The van der Waals surface area contributed by atoms with E-state index in [4.69, 9.17) is 4.74 Å². The monoisotopic (exact) mass is 396 g/mol. The van der Waals surface area contributed by atoms with E-state index in [-0.39, 0.29) is 21.4 Å². The van der Waals surface area contributed by atoms with Gasteiger partial charge in [0.1, 0.15) is 11.4 Å². The van der Waals surface area contributed by atoms with E-state index in [0.717, 1.165) is 24.9 Å². The van der Waals surface area contributed by atoms with Crippen LogP contribution < -0.4 is 9.64 Å². The third-order valence-electron chi connectivity index (χ3n) is 6.27. The van der Waals surface area contributed by atoms with Crippen molar-refractivity contribution in [3.8, 4) is 5.75 Å². The van der Waals surface area contributed by atoms with Crippen LogP contribution in [0.4, 0.5) is 17.1 Å². The number of anilines is 2. The Kier molecular flexibility index (Phi) is 5.61. The van der Waals surface area contributed by atoms with E-state index in [1.54, 1.807) is 12.1 Å². The largest absolute Gasteiger partial charge is 0.496 e. The van der Waals surface area contributed by atoms with Crippen LogP contribution in [0.25, 0.3) is 0 Å². The molecule has 0 saturated carbocycles. The lowest BCUT2D eigenvalue weighted by molar-refractivity contribution is -0.384. The number of hydrogen-bond donors (Lipinski definition) is 0. The average molecular weight is 397 g/mol. The zero-order chi connectivity index (χ0) is 21.4. The first kappa shape index (κ1) is 21.2. The van der Waals surface area contributed by atoms with Crippen molar-refractivity contribution < 1.29 is 9.66 Å². The SMILES string of the molecule is CCCN(c1ccc2c(c1)C(C)(C)CCC2(C)C)c1ccc(OC)cc1[N+](=O)[O-]. The van der Waals surface area contributed by atoms with Crippen molar-refractivity contribution >= 4 is 17.1 Å². The van der Waals surface area contributed by atoms with Gasteiger partial charge in [-0.05, 0) is 65.5 Å². The standard InChI is InChI=1S/C24H32N2O3/c1-7-14-25(21-11-9-18(29-6)16-22(21)26(27)28)17-8-10-19-20(15-17)24(4,5)13-12-23(19,2)3/h8-11,15-16H,7,12-14H2,1-6H3. The highest BCUT2D eigenvalue weighted by Gasteiger charge is 2.37. The lowest BCUT2D eigenvalue weighted by Crippen LogP contribution is -2.34. The normalized spacial score (nSPS) is 16.8. The summed E-state index contributed by atoms with van der Waals surface area (Å²) in [5, 5.41) is 11.8. The second kappa shape index (κ2) is 7.69. The molecule has 5 nitrogen and oxygen atoms in total. The van der Waals surface area contributed by atoms with Gasteiger partial charge in [-0.1, -0.05) is 40.7 Å². The van der Waals surface area contributed by atoms with Crippen molar-refractivity contribution in [2.24, 2.45) is 0 Å². The van der Waals surface area contributed by atoms with E-state index < -0.39 is 0 Å². The second-order valence-electron chi connectivity index (χ2n) is 9.26. The molecular weight excluding hydrogens is 364 g/mol. The van der Waals surface area contributed by atoms with Crippen LogP contribution >= 0.6 is 0 Å². The fourth-order valence-electron chi connectivity index (χ4n) is 4.36. The van der Waals surface area contributed by atoms with E-state index in [2.05, 4.69) is 57.7 Å². The second-order valence-corrected chi connectivity index (χ2v) is 9.26. The number of ether oxygens (including phenoxy) is 1. The van der Waals surface area contributed by atoms with Crippen LogP contribution in [0.5, 0.6) is 5.75 Å². The molecule has 0 N–H and O–H groups in total. The van der Waals surface area contributed by atoms with Crippen LogP contribution in [0, 0.1) is 10.1 Å². The van der Waals surface area contributed by atoms with Crippen LogP contribution in [-0.4, -0.2) is 18.6 Å². The molecule has 0 spiro atoms. The molecule has 29 heavy (non-hydrogen) atoms. The van der Waals surface area contributed by atoms with E-state index >= 15 is 0 Å². The predicted molar refractivity (Wildman–Crippen MR) is 119 cm³/mol. The molecule has 2 aromatic carbocycles. The predicted octanol–water partition coefficient (Wildman–Crippen LogP) is 6.50. The number of hydrogen-bond acceptors (Lipinski definition) is 4. The molecule has 0 aliphatic heterocycles. The Morgan fingerprint density at radius 3 is 2.28 bits per heavy atom. The number of benzene rings is 2. The summed E-state index contributed by atoms with van der Waals surface area (Å²) in [6.07, 6.45) is 3.18. The van der Waals surface area contributed by atoms with Crippen LogP contribution in [-0.2, 0) is 10.8 Å². The van der Waals surface area contributed by atoms with E-state index in [0.29, 0.717) is 18.0 Å². The fraction of sp³-hybridized carbons (Fsp3) is 0.500. The maximum Gasteiger partial charge on any atom is 0.296 e. The molecule has 0 saturated heterocycles. The Labute approximate surface area is 173 Å².